The summed E-state index contributed by atoms with van der Waals surface area (Å²) in [6.07, 6.45) is 3.60. The van der Waals surface area contributed by atoms with Crippen molar-refractivity contribution >= 4 is 35.1 Å². The zero-order valence-corrected chi connectivity index (χ0v) is 17.3. The first-order chi connectivity index (χ1) is 13.6. The molecule has 0 radical (unpaired) electrons. The van der Waals surface area contributed by atoms with E-state index < -0.39 is 0 Å². The first-order valence-electron chi connectivity index (χ1n) is 8.72. The fraction of sp³-hybridized carbons (Fsp3) is 0.250. The molecule has 1 aromatic carbocycles. The van der Waals surface area contributed by atoms with Gasteiger partial charge in [0.05, 0.1) is 6.61 Å². The summed E-state index contributed by atoms with van der Waals surface area (Å²) in [5, 5.41) is 0.965. The van der Waals surface area contributed by atoms with Crippen LogP contribution in [-0.4, -0.2) is 35.6 Å². The maximum Gasteiger partial charge on any atom is 0.274 e. The monoisotopic (exact) mass is 418 g/mol. The maximum atomic E-state index is 11.8. The molecule has 0 aliphatic heterocycles. The van der Waals surface area contributed by atoms with Crippen LogP contribution in [0.1, 0.15) is 22.8 Å². The van der Waals surface area contributed by atoms with Crippen molar-refractivity contribution in [3.05, 3.63) is 71.9 Å². The summed E-state index contributed by atoms with van der Waals surface area (Å²) in [7, 11) is 0. The lowest BCUT2D eigenvalue weighted by molar-refractivity contribution is 0.0364. The second-order valence-corrected chi connectivity index (χ2v) is 6.99. The first-order valence-corrected chi connectivity index (χ1v) is 10.1. The molecule has 28 heavy (non-hydrogen) atoms. The summed E-state index contributed by atoms with van der Waals surface area (Å²) in [5.74, 6) is 1.11. The van der Waals surface area contributed by atoms with Crippen LogP contribution in [0.15, 0.2) is 60.8 Å². The number of anilines is 1. The van der Waals surface area contributed by atoms with Gasteiger partial charge in [0.2, 0.25) is 0 Å². The Balaban J connectivity index is 2.04. The number of thioether (sulfide) groups is 1. The molecule has 148 valence electrons. The lowest BCUT2D eigenvalue weighted by Gasteiger charge is -2.20. The minimum atomic E-state index is -0.270. The minimum Gasteiger partial charge on any atom is -0.349 e. The number of amides is 1. The molecule has 0 saturated heterocycles. The molecular formula is C20H23ClN4O2S. The van der Waals surface area contributed by atoms with Crippen LogP contribution in [-0.2, 0) is 10.6 Å². The molecule has 2 aromatic rings. The number of aromatic nitrogens is 2. The number of rotatable bonds is 11. The van der Waals surface area contributed by atoms with E-state index in [2.05, 4.69) is 28.6 Å². The van der Waals surface area contributed by atoms with E-state index in [0.717, 1.165) is 11.4 Å². The van der Waals surface area contributed by atoms with Gasteiger partial charge in [-0.05, 0) is 24.6 Å². The number of nitrogens with zero attached hydrogens (tertiary/aromatic N) is 3. The molecule has 0 aliphatic rings. The largest absolute Gasteiger partial charge is 0.349 e. The molecule has 2 rings (SSSR count). The van der Waals surface area contributed by atoms with E-state index in [-0.39, 0.29) is 5.91 Å². The van der Waals surface area contributed by atoms with Crippen LogP contribution in [0.3, 0.4) is 0 Å². The zero-order chi connectivity index (χ0) is 20.4. The number of hydroxylamine groups is 1. The van der Waals surface area contributed by atoms with E-state index >= 15 is 0 Å². The Morgan fingerprint density at radius 2 is 1.93 bits per heavy atom. The number of halogens is 1. The Bertz CT molecular complexity index is 804. The van der Waals surface area contributed by atoms with Crippen LogP contribution < -0.4 is 10.4 Å². The Morgan fingerprint density at radius 1 is 1.25 bits per heavy atom. The van der Waals surface area contributed by atoms with Gasteiger partial charge in [-0.15, -0.1) is 13.2 Å². The number of benzene rings is 1. The Morgan fingerprint density at radius 3 is 2.54 bits per heavy atom. The molecule has 1 amide bonds. The summed E-state index contributed by atoms with van der Waals surface area (Å²) in [6, 6.07) is 9.02. The average molecular weight is 419 g/mol. The number of hydrogen-bond donors (Lipinski definition) is 1. The van der Waals surface area contributed by atoms with Crippen molar-refractivity contribution in [3.8, 4) is 0 Å². The standard InChI is InChI=1S/C20H23ClN4O2S/c1-4-11-25(12-5-2)18-13-17(21)22-20(23-18)28-14-15-7-9-16(10-8-15)19(26)24-27-6-3/h4-5,7-10,13H,1-2,6,11-12,14H2,3H3,(H,24,26). The minimum absolute atomic E-state index is 0.270. The fourth-order valence-corrected chi connectivity index (χ4v) is 3.32. The van der Waals surface area contributed by atoms with E-state index in [1.807, 2.05) is 17.0 Å². The van der Waals surface area contributed by atoms with Crippen LogP contribution >= 0.6 is 23.4 Å². The second kappa shape index (κ2) is 11.5. The van der Waals surface area contributed by atoms with Gasteiger partial charge in [0.15, 0.2) is 5.16 Å². The quantitative estimate of drug-likeness (QED) is 0.193. The predicted octanol–water partition coefficient (Wildman–Crippen LogP) is 4.28. The van der Waals surface area contributed by atoms with Crippen molar-refractivity contribution in [1.29, 1.82) is 0 Å². The van der Waals surface area contributed by atoms with Gasteiger partial charge in [0.25, 0.3) is 5.91 Å². The summed E-state index contributed by atoms with van der Waals surface area (Å²) >= 11 is 7.65. The van der Waals surface area contributed by atoms with Crippen molar-refractivity contribution in [2.45, 2.75) is 17.8 Å². The summed E-state index contributed by atoms with van der Waals surface area (Å²) in [5.41, 5.74) is 3.95. The molecule has 0 fully saturated rings. The third-order valence-corrected chi connectivity index (χ3v) is 4.69. The average Bonchev–Trinajstić information content (AvgIpc) is 2.70. The summed E-state index contributed by atoms with van der Waals surface area (Å²) < 4.78 is 0. The van der Waals surface area contributed by atoms with Crippen LogP contribution in [0.2, 0.25) is 5.15 Å². The van der Waals surface area contributed by atoms with E-state index in [0.29, 0.717) is 41.3 Å². The summed E-state index contributed by atoms with van der Waals surface area (Å²) in [4.78, 5) is 27.6. The van der Waals surface area contributed by atoms with Crippen molar-refractivity contribution in [2.24, 2.45) is 0 Å². The van der Waals surface area contributed by atoms with Crippen molar-refractivity contribution in [3.63, 3.8) is 0 Å². The van der Waals surface area contributed by atoms with Crippen molar-refractivity contribution in [1.82, 2.24) is 15.4 Å². The first kappa shape index (κ1) is 21.9. The highest BCUT2D eigenvalue weighted by atomic mass is 35.5. The van der Waals surface area contributed by atoms with Gasteiger partial charge in [-0.25, -0.2) is 15.4 Å². The van der Waals surface area contributed by atoms with E-state index in [1.165, 1.54) is 11.8 Å². The molecular weight excluding hydrogens is 396 g/mol. The number of carbonyl (C=O) groups excluding carboxylic acids is 1. The third kappa shape index (κ3) is 6.67. The van der Waals surface area contributed by atoms with E-state index in [4.69, 9.17) is 16.4 Å². The number of nitrogens with one attached hydrogen (secondary N) is 1. The second-order valence-electron chi connectivity index (χ2n) is 5.66. The molecule has 0 spiro atoms. The van der Waals surface area contributed by atoms with Gasteiger partial charge in [0, 0.05) is 30.5 Å². The highest BCUT2D eigenvalue weighted by Gasteiger charge is 2.10. The maximum absolute atomic E-state index is 11.8. The fourth-order valence-electron chi connectivity index (χ4n) is 2.28. The van der Waals surface area contributed by atoms with Gasteiger partial charge in [0.1, 0.15) is 11.0 Å². The molecule has 0 bridgehead atoms. The van der Waals surface area contributed by atoms with Crippen LogP contribution in [0.5, 0.6) is 0 Å². The topological polar surface area (TPSA) is 67.4 Å². The Kier molecular flexibility index (Phi) is 9.00. The van der Waals surface area contributed by atoms with Gasteiger partial charge in [-0.1, -0.05) is 47.6 Å². The molecule has 1 aromatic heterocycles. The molecule has 0 saturated carbocycles. The lowest BCUT2D eigenvalue weighted by Crippen LogP contribution is -2.24. The van der Waals surface area contributed by atoms with Crippen LogP contribution in [0, 0.1) is 0 Å². The molecule has 0 unspecified atom stereocenters. The predicted molar refractivity (Wildman–Crippen MR) is 115 cm³/mol. The van der Waals surface area contributed by atoms with E-state index in [1.54, 1.807) is 37.3 Å². The van der Waals surface area contributed by atoms with Crippen molar-refractivity contribution in [2.75, 3.05) is 24.6 Å². The van der Waals surface area contributed by atoms with Gasteiger partial charge < -0.3 is 4.90 Å². The molecule has 8 heteroatoms. The van der Waals surface area contributed by atoms with Crippen LogP contribution in [0.4, 0.5) is 5.82 Å². The SMILES string of the molecule is C=CCN(CC=C)c1cc(Cl)nc(SCc2ccc(C(=O)NOCC)cc2)n1. The zero-order valence-electron chi connectivity index (χ0n) is 15.7. The molecule has 1 heterocycles. The lowest BCUT2D eigenvalue weighted by atomic mass is 10.1. The van der Waals surface area contributed by atoms with Gasteiger partial charge in [-0.3, -0.25) is 9.63 Å². The Hall–Kier alpha value is -2.35. The summed E-state index contributed by atoms with van der Waals surface area (Å²) in [6.45, 7) is 11.0. The Labute approximate surface area is 174 Å². The molecule has 6 nitrogen and oxygen atoms in total. The third-order valence-electron chi connectivity index (χ3n) is 3.58. The van der Waals surface area contributed by atoms with Crippen molar-refractivity contribution < 1.29 is 9.63 Å². The smallest absolute Gasteiger partial charge is 0.274 e. The van der Waals surface area contributed by atoms with Gasteiger partial charge in [-0.2, -0.15) is 0 Å². The molecule has 0 atom stereocenters. The highest BCUT2D eigenvalue weighted by Crippen LogP contribution is 2.25. The van der Waals surface area contributed by atoms with Gasteiger partial charge >= 0.3 is 0 Å². The number of carbonyl (C=O) groups is 1. The molecule has 1 N–H and O–H groups in total. The van der Waals surface area contributed by atoms with Crippen LogP contribution in [0.25, 0.3) is 0 Å². The highest BCUT2D eigenvalue weighted by molar-refractivity contribution is 7.98. The van der Waals surface area contributed by atoms with E-state index in [9.17, 15) is 4.79 Å². The molecule has 0 aliphatic carbocycles. The normalized spacial score (nSPS) is 10.4. The number of hydrogen-bond acceptors (Lipinski definition) is 6.